The molecule has 1 saturated heterocycles. The molecule has 0 spiro atoms. The molecule has 2 N–H and O–H groups in total. The molecule has 0 saturated carbocycles. The first-order chi connectivity index (χ1) is 13.9. The largest absolute Gasteiger partial charge is 0.573 e. The van der Waals surface area contributed by atoms with E-state index >= 15 is 0 Å². The van der Waals surface area contributed by atoms with E-state index in [1.807, 2.05) is 0 Å². The molecule has 2 rings (SSSR count). The van der Waals surface area contributed by atoms with Crippen molar-refractivity contribution in [1.29, 1.82) is 0 Å². The van der Waals surface area contributed by atoms with Crippen LogP contribution in [0.5, 0.6) is 5.75 Å². The predicted molar refractivity (Wildman–Crippen MR) is 96.5 cm³/mol. The Morgan fingerprint density at radius 2 is 1.77 bits per heavy atom. The average molecular weight is 459 g/mol. The minimum Gasteiger partial charge on any atom is -0.406 e. The van der Waals surface area contributed by atoms with Crippen molar-refractivity contribution in [3.05, 3.63) is 24.3 Å². The van der Waals surface area contributed by atoms with Crippen LogP contribution in [0.2, 0.25) is 0 Å². The number of likely N-dealkylation sites (tertiary alicyclic amines) is 1. The molecule has 0 unspecified atom stereocenters. The fourth-order valence-electron chi connectivity index (χ4n) is 2.96. The summed E-state index contributed by atoms with van der Waals surface area (Å²) in [7, 11) is -4.01. The third-order valence-corrected chi connectivity index (χ3v) is 5.84. The number of hydrogen-bond acceptors (Lipinski definition) is 5. The molecule has 1 aromatic carbocycles. The molecule has 170 valence electrons. The molecule has 1 fully saturated rings. The van der Waals surface area contributed by atoms with Crippen molar-refractivity contribution in [2.24, 2.45) is 0 Å². The van der Waals surface area contributed by atoms with E-state index in [0.29, 0.717) is 25.9 Å². The average Bonchev–Trinajstić information content (AvgIpc) is 2.62. The van der Waals surface area contributed by atoms with Crippen LogP contribution in [0.3, 0.4) is 0 Å². The van der Waals surface area contributed by atoms with E-state index < -0.39 is 28.6 Å². The summed E-state index contributed by atoms with van der Waals surface area (Å²) in [5.74, 6) is -0.945. The molecule has 1 aliphatic rings. The Hall–Kier alpha value is -1.99. The van der Waals surface area contributed by atoms with Crippen LogP contribution in [0.1, 0.15) is 19.3 Å². The van der Waals surface area contributed by atoms with Crippen molar-refractivity contribution in [1.82, 2.24) is 14.9 Å². The molecule has 13 heteroatoms. The van der Waals surface area contributed by atoms with Gasteiger partial charge in [0.05, 0.1) is 11.4 Å². The summed E-state index contributed by atoms with van der Waals surface area (Å²) in [6.07, 6.45) is -6.39. The monoisotopic (exact) mass is 459 g/mol. The maximum atomic E-state index is 12.4. The molecule has 1 aromatic rings. The maximum Gasteiger partial charge on any atom is 0.573 e. The summed E-state index contributed by atoms with van der Waals surface area (Å²) in [5.41, 5.74) is 0. The molecule has 1 aliphatic heterocycles. The maximum absolute atomic E-state index is 12.4. The van der Waals surface area contributed by atoms with E-state index in [4.69, 9.17) is 0 Å². The Bertz CT molecular complexity index is 795. The SMILES string of the molecule is O=C(CCNS(=O)(=O)c1ccc(OC(F)(F)F)cc1)NC1CCN(CC(F)F)CC1. The number of amides is 1. The third kappa shape index (κ3) is 8.40. The first-order valence-corrected chi connectivity index (χ1v) is 10.6. The quantitative estimate of drug-likeness (QED) is 0.553. The predicted octanol–water partition coefficient (Wildman–Crippen LogP) is 2.10. The number of ether oxygens (including phenoxy) is 1. The standard InChI is InChI=1S/C17H22F5N3O4S/c18-15(19)11-25-9-6-12(7-10-25)24-16(26)5-8-23-30(27,28)14-3-1-13(2-4-14)29-17(20,21)22/h1-4,12,15,23H,5-11H2,(H,24,26). The highest BCUT2D eigenvalue weighted by Gasteiger charge is 2.31. The summed E-state index contributed by atoms with van der Waals surface area (Å²) in [6, 6.07) is 3.49. The van der Waals surface area contributed by atoms with Crippen LogP contribution < -0.4 is 14.8 Å². The van der Waals surface area contributed by atoms with Crippen molar-refractivity contribution >= 4 is 15.9 Å². The number of carbonyl (C=O) groups is 1. The van der Waals surface area contributed by atoms with E-state index in [-0.39, 0.29) is 36.4 Å². The number of rotatable bonds is 9. The van der Waals surface area contributed by atoms with Crippen LogP contribution in [0.15, 0.2) is 29.2 Å². The molecule has 1 amide bonds. The Labute approximate surface area is 170 Å². The molecule has 30 heavy (non-hydrogen) atoms. The second kappa shape index (κ2) is 10.4. The van der Waals surface area contributed by atoms with Gasteiger partial charge in [0, 0.05) is 32.1 Å². The van der Waals surface area contributed by atoms with Gasteiger partial charge in [-0.1, -0.05) is 0 Å². The van der Waals surface area contributed by atoms with Crippen molar-refractivity contribution in [3.8, 4) is 5.75 Å². The van der Waals surface area contributed by atoms with Crippen molar-refractivity contribution < 1.29 is 39.9 Å². The van der Waals surface area contributed by atoms with E-state index in [0.717, 1.165) is 24.3 Å². The first-order valence-electron chi connectivity index (χ1n) is 9.10. The second-order valence-corrected chi connectivity index (χ2v) is 8.47. The molecule has 0 aliphatic carbocycles. The zero-order chi connectivity index (χ0) is 22.4. The molecule has 0 aromatic heterocycles. The number of alkyl halides is 5. The van der Waals surface area contributed by atoms with Gasteiger partial charge in [-0.05, 0) is 37.1 Å². The molecular weight excluding hydrogens is 437 g/mol. The van der Waals surface area contributed by atoms with Gasteiger partial charge in [0.2, 0.25) is 15.9 Å². The lowest BCUT2D eigenvalue weighted by Crippen LogP contribution is -2.46. The van der Waals surface area contributed by atoms with Gasteiger partial charge >= 0.3 is 6.36 Å². The van der Waals surface area contributed by atoms with Gasteiger partial charge in [0.15, 0.2) is 0 Å². The fourth-order valence-corrected chi connectivity index (χ4v) is 3.99. The zero-order valence-corrected chi connectivity index (χ0v) is 16.6. The smallest absolute Gasteiger partial charge is 0.406 e. The molecule has 0 atom stereocenters. The van der Waals surface area contributed by atoms with E-state index in [9.17, 15) is 35.2 Å². The number of hydrogen-bond donors (Lipinski definition) is 2. The van der Waals surface area contributed by atoms with Gasteiger partial charge in [0.25, 0.3) is 6.43 Å². The summed E-state index contributed by atoms with van der Waals surface area (Å²) >= 11 is 0. The highest BCUT2D eigenvalue weighted by atomic mass is 32.2. The van der Waals surface area contributed by atoms with Crippen LogP contribution in [0.25, 0.3) is 0 Å². The van der Waals surface area contributed by atoms with Gasteiger partial charge in [-0.2, -0.15) is 0 Å². The van der Waals surface area contributed by atoms with Crippen LogP contribution in [-0.2, 0) is 14.8 Å². The Morgan fingerprint density at radius 1 is 1.17 bits per heavy atom. The molecule has 0 radical (unpaired) electrons. The van der Waals surface area contributed by atoms with Gasteiger partial charge in [0.1, 0.15) is 5.75 Å². The number of halogens is 5. The van der Waals surface area contributed by atoms with E-state index in [2.05, 4.69) is 14.8 Å². The Balaban J connectivity index is 1.74. The molecule has 7 nitrogen and oxygen atoms in total. The number of carbonyl (C=O) groups excluding carboxylic acids is 1. The van der Waals surface area contributed by atoms with E-state index in [1.165, 1.54) is 0 Å². The zero-order valence-electron chi connectivity index (χ0n) is 15.8. The summed E-state index contributed by atoms with van der Waals surface area (Å²) in [5, 5.41) is 2.74. The second-order valence-electron chi connectivity index (χ2n) is 6.70. The normalized spacial score (nSPS) is 16.6. The van der Waals surface area contributed by atoms with Crippen LogP contribution >= 0.6 is 0 Å². The number of nitrogens with zero attached hydrogens (tertiary/aromatic N) is 1. The van der Waals surface area contributed by atoms with Crippen molar-refractivity contribution in [2.45, 2.75) is 43.0 Å². The minimum atomic E-state index is -4.88. The van der Waals surface area contributed by atoms with Gasteiger partial charge < -0.3 is 10.1 Å². The highest BCUT2D eigenvalue weighted by Crippen LogP contribution is 2.23. The van der Waals surface area contributed by atoms with Crippen LogP contribution in [-0.4, -0.2) is 64.2 Å². The molecule has 1 heterocycles. The summed E-state index contributed by atoms with van der Waals surface area (Å²) in [6.45, 7) is 0.372. The lowest BCUT2D eigenvalue weighted by atomic mass is 10.0. The topological polar surface area (TPSA) is 87.7 Å². The lowest BCUT2D eigenvalue weighted by Gasteiger charge is -2.32. The summed E-state index contributed by atoms with van der Waals surface area (Å²) in [4.78, 5) is 13.3. The van der Waals surface area contributed by atoms with Crippen LogP contribution in [0, 0.1) is 0 Å². The number of piperidine rings is 1. The van der Waals surface area contributed by atoms with Crippen LogP contribution in [0.4, 0.5) is 22.0 Å². The minimum absolute atomic E-state index is 0.147. The number of benzene rings is 1. The summed E-state index contributed by atoms with van der Waals surface area (Å²) < 4.78 is 91.3. The Kier molecular flexibility index (Phi) is 8.38. The van der Waals surface area contributed by atoms with Crippen molar-refractivity contribution in [2.75, 3.05) is 26.2 Å². The molecular formula is C17H22F5N3O4S. The van der Waals surface area contributed by atoms with E-state index in [1.54, 1.807) is 4.90 Å². The third-order valence-electron chi connectivity index (χ3n) is 4.36. The fraction of sp³-hybridized carbons (Fsp3) is 0.588. The first kappa shape index (κ1) is 24.3. The number of sulfonamides is 1. The highest BCUT2D eigenvalue weighted by molar-refractivity contribution is 7.89. The van der Waals surface area contributed by atoms with Crippen molar-refractivity contribution in [3.63, 3.8) is 0 Å². The van der Waals surface area contributed by atoms with Gasteiger partial charge in [-0.25, -0.2) is 21.9 Å². The Morgan fingerprint density at radius 3 is 2.30 bits per heavy atom. The van der Waals surface area contributed by atoms with Gasteiger partial charge in [-0.3, -0.25) is 9.69 Å². The number of nitrogens with one attached hydrogen (secondary N) is 2. The molecule has 0 bridgehead atoms. The van der Waals surface area contributed by atoms with Gasteiger partial charge in [-0.15, -0.1) is 13.2 Å². The lowest BCUT2D eigenvalue weighted by molar-refractivity contribution is -0.274.